The van der Waals surface area contributed by atoms with E-state index in [4.69, 9.17) is 0 Å². The van der Waals surface area contributed by atoms with Gasteiger partial charge in [0.1, 0.15) is 0 Å². The molecule has 1 aromatic heterocycles. The third kappa shape index (κ3) is 6.61. The first kappa shape index (κ1) is 20.1. The van der Waals surface area contributed by atoms with Gasteiger partial charge < -0.3 is 5.32 Å². The molecule has 3 amide bonds. The molecule has 0 saturated heterocycles. The van der Waals surface area contributed by atoms with Crippen LogP contribution in [0.1, 0.15) is 42.3 Å². The van der Waals surface area contributed by atoms with Crippen molar-refractivity contribution >= 4 is 23.3 Å². The molecular weight excluding hydrogens is 346 g/mol. The third-order valence-electron chi connectivity index (χ3n) is 3.97. The van der Waals surface area contributed by atoms with E-state index in [1.165, 1.54) is 5.56 Å². The summed E-state index contributed by atoms with van der Waals surface area (Å²) in [4.78, 5) is 25.0. The number of carbonyl (C=O) groups is 2. The summed E-state index contributed by atoms with van der Waals surface area (Å²) in [6.45, 7) is 6.84. The van der Waals surface area contributed by atoms with E-state index in [-0.39, 0.29) is 18.5 Å². The minimum absolute atomic E-state index is 0.0635. The van der Waals surface area contributed by atoms with E-state index in [2.05, 4.69) is 54.1 Å². The smallest absolute Gasteiger partial charge is 0.321 e. The lowest BCUT2D eigenvalue weighted by atomic mass is 10.0. The van der Waals surface area contributed by atoms with Gasteiger partial charge in [0.25, 0.3) is 0 Å². The Balaban J connectivity index is 1.90. The van der Waals surface area contributed by atoms with Crippen LogP contribution in [0, 0.1) is 12.8 Å². The summed E-state index contributed by atoms with van der Waals surface area (Å²) >= 11 is 1.64. The largest absolute Gasteiger partial charge is 0.338 e. The van der Waals surface area contributed by atoms with Crippen molar-refractivity contribution in [3.05, 3.63) is 57.8 Å². The molecule has 140 valence electrons. The molecule has 26 heavy (non-hydrogen) atoms. The van der Waals surface area contributed by atoms with Crippen molar-refractivity contribution in [2.24, 2.45) is 5.92 Å². The van der Waals surface area contributed by atoms with Crippen molar-refractivity contribution in [1.82, 2.24) is 16.0 Å². The molecule has 6 heteroatoms. The molecule has 0 saturated carbocycles. The molecular formula is C20H27N3O2S. The minimum Gasteiger partial charge on any atom is -0.338 e. The molecule has 0 radical (unpaired) electrons. The highest BCUT2D eigenvalue weighted by molar-refractivity contribution is 7.10. The summed E-state index contributed by atoms with van der Waals surface area (Å²) in [5, 5.41) is 10.3. The van der Waals surface area contributed by atoms with E-state index in [1.807, 2.05) is 24.4 Å². The maximum Gasteiger partial charge on any atom is 0.321 e. The zero-order valence-corrected chi connectivity index (χ0v) is 16.4. The standard InChI is InChI=1S/C20H27N3O2S/c1-14(2)10-11-21-20(25)23-18(24)13-22-19(17-5-4-12-26-17)16-8-6-15(3)7-9-16/h4-9,12,14,19,22H,10-11,13H2,1-3H3,(H2,21,23,24,25)/t19-/m0/s1. The van der Waals surface area contributed by atoms with Gasteiger partial charge in [0.2, 0.25) is 5.91 Å². The first-order valence-electron chi connectivity index (χ1n) is 8.86. The molecule has 1 aromatic carbocycles. The average molecular weight is 374 g/mol. The number of imide groups is 1. The number of carbonyl (C=O) groups excluding carboxylic acids is 2. The summed E-state index contributed by atoms with van der Waals surface area (Å²) in [6.07, 6.45) is 0.883. The van der Waals surface area contributed by atoms with Crippen LogP contribution in [-0.4, -0.2) is 25.0 Å². The summed E-state index contributed by atoms with van der Waals surface area (Å²) in [5.74, 6) is 0.162. The second-order valence-corrected chi connectivity index (χ2v) is 7.71. The predicted octanol–water partition coefficient (Wildman–Crippen LogP) is 3.61. The summed E-state index contributed by atoms with van der Waals surface area (Å²) < 4.78 is 0. The van der Waals surface area contributed by atoms with E-state index in [0.717, 1.165) is 16.9 Å². The Labute approximate surface area is 159 Å². The SMILES string of the molecule is Cc1ccc([C@H](NCC(=O)NC(=O)NCCC(C)C)c2cccs2)cc1. The van der Waals surface area contributed by atoms with Gasteiger partial charge in [0.05, 0.1) is 12.6 Å². The Morgan fingerprint density at radius 1 is 1.12 bits per heavy atom. The van der Waals surface area contributed by atoms with Crippen molar-refractivity contribution in [3.8, 4) is 0 Å². The molecule has 2 aromatic rings. The Hall–Kier alpha value is -2.18. The van der Waals surface area contributed by atoms with Gasteiger partial charge in [-0.15, -0.1) is 11.3 Å². The molecule has 1 heterocycles. The minimum atomic E-state index is -0.444. The number of aryl methyl sites for hydroxylation is 1. The molecule has 5 nitrogen and oxygen atoms in total. The highest BCUT2D eigenvalue weighted by atomic mass is 32.1. The number of amides is 3. The lowest BCUT2D eigenvalue weighted by Crippen LogP contribution is -2.44. The van der Waals surface area contributed by atoms with Gasteiger partial charge in [-0.1, -0.05) is 49.7 Å². The van der Waals surface area contributed by atoms with Gasteiger partial charge in [0.15, 0.2) is 0 Å². The zero-order valence-electron chi connectivity index (χ0n) is 15.5. The van der Waals surface area contributed by atoms with Crippen LogP contribution in [0.2, 0.25) is 0 Å². The van der Waals surface area contributed by atoms with Gasteiger partial charge in [-0.25, -0.2) is 4.79 Å². The average Bonchev–Trinajstić information content (AvgIpc) is 3.10. The third-order valence-corrected chi connectivity index (χ3v) is 4.90. The number of rotatable bonds is 8. The number of nitrogens with one attached hydrogen (secondary N) is 3. The van der Waals surface area contributed by atoms with Crippen LogP contribution >= 0.6 is 11.3 Å². The fraction of sp³-hybridized carbons (Fsp3) is 0.400. The normalized spacial score (nSPS) is 12.0. The molecule has 1 atom stereocenters. The quantitative estimate of drug-likeness (QED) is 0.662. The summed E-state index contributed by atoms with van der Waals surface area (Å²) in [7, 11) is 0. The molecule has 0 unspecified atom stereocenters. The monoisotopic (exact) mass is 373 g/mol. The lowest BCUT2D eigenvalue weighted by Gasteiger charge is -2.18. The Morgan fingerprint density at radius 3 is 2.46 bits per heavy atom. The maximum atomic E-state index is 12.1. The molecule has 0 aliphatic heterocycles. The van der Waals surface area contributed by atoms with Crippen LogP contribution < -0.4 is 16.0 Å². The molecule has 0 bridgehead atoms. The van der Waals surface area contributed by atoms with Gasteiger partial charge >= 0.3 is 6.03 Å². The Kier molecular flexibility index (Phi) is 7.81. The zero-order chi connectivity index (χ0) is 18.9. The van der Waals surface area contributed by atoms with Gasteiger partial charge in [-0.05, 0) is 36.3 Å². The molecule has 3 N–H and O–H groups in total. The summed E-state index contributed by atoms with van der Waals surface area (Å²) in [5.41, 5.74) is 2.28. The van der Waals surface area contributed by atoms with Crippen LogP contribution in [0.4, 0.5) is 4.79 Å². The van der Waals surface area contributed by atoms with Crippen molar-refractivity contribution in [1.29, 1.82) is 0 Å². The second-order valence-electron chi connectivity index (χ2n) is 6.73. The van der Waals surface area contributed by atoms with Crippen LogP contribution in [0.3, 0.4) is 0 Å². The molecule has 2 rings (SSSR count). The maximum absolute atomic E-state index is 12.1. The fourth-order valence-electron chi connectivity index (χ4n) is 2.48. The van der Waals surface area contributed by atoms with E-state index < -0.39 is 6.03 Å². The first-order valence-corrected chi connectivity index (χ1v) is 9.74. The molecule has 0 fully saturated rings. The lowest BCUT2D eigenvalue weighted by molar-refractivity contribution is -0.119. The van der Waals surface area contributed by atoms with E-state index >= 15 is 0 Å². The molecule has 0 aliphatic carbocycles. The topological polar surface area (TPSA) is 70.2 Å². The molecule has 0 spiro atoms. The Bertz CT molecular complexity index is 696. The van der Waals surface area contributed by atoms with Gasteiger partial charge in [-0.3, -0.25) is 15.4 Å². The Morgan fingerprint density at radius 2 is 1.85 bits per heavy atom. The van der Waals surface area contributed by atoms with Crippen LogP contribution in [0.15, 0.2) is 41.8 Å². The number of benzene rings is 1. The van der Waals surface area contributed by atoms with Gasteiger partial charge in [0, 0.05) is 11.4 Å². The van der Waals surface area contributed by atoms with Crippen molar-refractivity contribution < 1.29 is 9.59 Å². The second kappa shape index (κ2) is 10.1. The number of thiophene rings is 1. The predicted molar refractivity (Wildman–Crippen MR) is 106 cm³/mol. The number of hydrogen-bond donors (Lipinski definition) is 3. The fourth-order valence-corrected chi connectivity index (χ4v) is 3.31. The summed E-state index contributed by atoms with van der Waals surface area (Å²) in [6, 6.07) is 11.7. The van der Waals surface area contributed by atoms with E-state index in [1.54, 1.807) is 11.3 Å². The van der Waals surface area contributed by atoms with Gasteiger partial charge in [-0.2, -0.15) is 0 Å². The van der Waals surface area contributed by atoms with Crippen LogP contribution in [0.5, 0.6) is 0 Å². The molecule has 0 aliphatic rings. The van der Waals surface area contributed by atoms with Crippen molar-refractivity contribution in [3.63, 3.8) is 0 Å². The van der Waals surface area contributed by atoms with Crippen molar-refractivity contribution in [2.75, 3.05) is 13.1 Å². The van der Waals surface area contributed by atoms with E-state index in [9.17, 15) is 9.59 Å². The van der Waals surface area contributed by atoms with Crippen LogP contribution in [-0.2, 0) is 4.79 Å². The van der Waals surface area contributed by atoms with E-state index in [0.29, 0.717) is 12.5 Å². The number of urea groups is 1. The highest BCUT2D eigenvalue weighted by Gasteiger charge is 2.17. The number of hydrogen-bond acceptors (Lipinski definition) is 4. The highest BCUT2D eigenvalue weighted by Crippen LogP contribution is 2.26. The van der Waals surface area contributed by atoms with Crippen molar-refractivity contribution in [2.45, 2.75) is 33.2 Å². The first-order chi connectivity index (χ1) is 12.5. The van der Waals surface area contributed by atoms with Crippen LogP contribution in [0.25, 0.3) is 0 Å².